The molecule has 0 N–H and O–H groups in total. The summed E-state index contributed by atoms with van der Waals surface area (Å²) >= 11 is 0. The quantitative estimate of drug-likeness (QED) is 0.356. The number of hydrogen-bond donors (Lipinski definition) is 0. The van der Waals surface area contributed by atoms with Crippen LogP contribution in [-0.4, -0.2) is 0 Å². The first-order chi connectivity index (χ1) is 2.00. The summed E-state index contributed by atoms with van der Waals surface area (Å²) in [7, 11) is -5.39. The van der Waals surface area contributed by atoms with Gasteiger partial charge in [-0.15, -0.1) is 0 Å². The molecule has 0 spiro atoms. The van der Waals surface area contributed by atoms with E-state index in [1.807, 2.05) is 0 Å². The van der Waals surface area contributed by atoms with E-state index in [0.717, 1.165) is 0 Å². The van der Waals surface area contributed by atoms with Crippen LogP contribution in [-0.2, 0) is 53.1 Å². The van der Waals surface area contributed by atoms with Crippen molar-refractivity contribution in [3.05, 3.63) is 0 Å². The van der Waals surface area contributed by atoms with E-state index in [1.165, 1.54) is 0 Å². The average Bonchev–Trinajstić information content (AvgIpc) is 0.722. The van der Waals surface area contributed by atoms with Crippen LogP contribution in [0.5, 0.6) is 0 Å². The molecule has 0 aromatic carbocycles. The van der Waals surface area contributed by atoms with Gasteiger partial charge in [0.1, 0.15) is 0 Å². The van der Waals surface area contributed by atoms with Crippen molar-refractivity contribution in [1.29, 1.82) is 0 Å². The summed E-state index contributed by atoms with van der Waals surface area (Å²) in [6.07, 6.45) is 0. The Morgan fingerprint density at radius 1 is 1.14 bits per heavy atom. The van der Waals surface area contributed by atoms with Gasteiger partial charge in [-0.25, -0.2) is 0 Å². The van der Waals surface area contributed by atoms with Crippen LogP contribution in [0, 0.1) is 0 Å². The average molecular weight is 294 g/mol. The summed E-state index contributed by atoms with van der Waals surface area (Å²) in [5.74, 6) is 0. The first kappa shape index (κ1) is 15.9. The summed E-state index contributed by atoms with van der Waals surface area (Å²) < 4.78 is 8.55. The normalized spacial score (nSPS) is 8.43. The second-order valence-corrected chi connectivity index (χ2v) is 1.34. The molecule has 0 aliphatic rings. The molecule has 42 valence electrons. The fourth-order valence-corrected chi connectivity index (χ4v) is 0. The summed E-state index contributed by atoms with van der Waals surface area (Å²) in [6, 6.07) is 0. The molecule has 0 bridgehead atoms. The molecule has 0 unspecified atom stereocenters. The molecular weight excluding hydrogens is 294 g/mol. The Balaban J connectivity index is -0.0000000800. The zero-order chi connectivity index (χ0) is 4.50. The van der Waals surface area contributed by atoms with E-state index < -0.39 is 7.82 Å². The van der Waals surface area contributed by atoms with E-state index >= 15 is 0 Å². The minimum Gasteiger partial charge on any atom is -0.822 e. The molecule has 0 aromatic heterocycles. The van der Waals surface area contributed by atoms with Crippen molar-refractivity contribution in [2.45, 2.75) is 0 Å². The zero-order valence-corrected chi connectivity index (χ0v) is 7.72. The monoisotopic (exact) mass is 292 g/mol. The molecule has 0 atom stereocenters. The van der Waals surface area contributed by atoms with Crippen LogP contribution in [0.4, 0.5) is 0 Å². The van der Waals surface area contributed by atoms with Gasteiger partial charge < -0.3 is 19.2 Å². The van der Waals surface area contributed by atoms with Crippen LogP contribution < -0.4 is 14.7 Å². The van der Waals surface area contributed by atoms with Crippen molar-refractivity contribution >= 4 is 7.82 Å². The van der Waals surface area contributed by atoms with Gasteiger partial charge in [0.05, 0.1) is 0 Å². The Morgan fingerprint density at radius 2 is 1.14 bits per heavy atom. The van der Waals surface area contributed by atoms with Crippen LogP contribution in [0.2, 0.25) is 0 Å². The summed E-state index contributed by atoms with van der Waals surface area (Å²) in [4.78, 5) is 25.6. The number of rotatable bonds is 0. The SMILES string of the molecule is O=P([O-])([O-])[O-].[Ag+].[Zr+4]. The van der Waals surface area contributed by atoms with Crippen molar-refractivity contribution in [2.24, 2.45) is 0 Å². The van der Waals surface area contributed by atoms with Gasteiger partial charge in [0.25, 0.3) is 0 Å². The van der Waals surface area contributed by atoms with Gasteiger partial charge in [-0.2, -0.15) is 7.82 Å². The Morgan fingerprint density at radius 3 is 1.14 bits per heavy atom. The second kappa shape index (κ2) is 5.86. The maximum Gasteiger partial charge on any atom is 4.00 e. The molecule has 7 heavy (non-hydrogen) atoms. The van der Waals surface area contributed by atoms with E-state index in [-0.39, 0.29) is 48.6 Å². The molecule has 0 radical (unpaired) electrons. The van der Waals surface area contributed by atoms with Gasteiger partial charge in [0.2, 0.25) is 0 Å². The Kier molecular flexibility index (Phi) is 13.3. The molecule has 7 heteroatoms. The minimum absolute atomic E-state index is 0. The predicted molar refractivity (Wildman–Crippen MR) is 7.61 cm³/mol. The third kappa shape index (κ3) is 84.6. The summed E-state index contributed by atoms with van der Waals surface area (Å²) in [6.45, 7) is 0. The number of hydrogen-bond acceptors (Lipinski definition) is 4. The van der Waals surface area contributed by atoms with Crippen LogP contribution in [0.3, 0.4) is 0 Å². The van der Waals surface area contributed by atoms with Crippen LogP contribution in [0.15, 0.2) is 0 Å². The maximum absolute atomic E-state index is 8.55. The first-order valence-corrected chi connectivity index (χ1v) is 2.19. The number of phosphoric acid groups is 1. The van der Waals surface area contributed by atoms with Crippen molar-refractivity contribution in [3.63, 3.8) is 0 Å². The zero-order valence-electron chi connectivity index (χ0n) is 2.88. The third-order valence-corrected chi connectivity index (χ3v) is 0. The molecule has 0 heterocycles. The van der Waals surface area contributed by atoms with Gasteiger partial charge in [0, 0.05) is 0 Å². The van der Waals surface area contributed by atoms with Gasteiger partial charge in [0.15, 0.2) is 0 Å². The van der Waals surface area contributed by atoms with Crippen LogP contribution >= 0.6 is 7.82 Å². The molecule has 4 nitrogen and oxygen atoms in total. The smallest absolute Gasteiger partial charge is 0.822 e. The van der Waals surface area contributed by atoms with E-state index in [9.17, 15) is 0 Å². The van der Waals surface area contributed by atoms with Crippen LogP contribution in [0.1, 0.15) is 0 Å². The molecule has 0 aliphatic heterocycles. The second-order valence-electron chi connectivity index (χ2n) is 0.447. The van der Waals surface area contributed by atoms with Crippen molar-refractivity contribution in [3.8, 4) is 0 Å². The molecule has 0 rings (SSSR count). The van der Waals surface area contributed by atoms with Crippen molar-refractivity contribution in [1.82, 2.24) is 0 Å². The molecule has 0 aliphatic carbocycles. The molecule has 0 saturated carbocycles. The van der Waals surface area contributed by atoms with E-state index in [2.05, 4.69) is 0 Å². The van der Waals surface area contributed by atoms with Gasteiger partial charge >= 0.3 is 48.6 Å². The van der Waals surface area contributed by atoms with Gasteiger partial charge in [-0.1, -0.05) is 0 Å². The van der Waals surface area contributed by atoms with Crippen molar-refractivity contribution < 1.29 is 67.8 Å². The molecular formula is AgO4PZr+2. The fraction of sp³-hybridized carbons (Fsp3) is 0. The summed E-state index contributed by atoms with van der Waals surface area (Å²) in [5.41, 5.74) is 0. The third-order valence-electron chi connectivity index (χ3n) is 0. The standard InChI is InChI=1S/Ag.H3O4P.Zr/c;1-5(2,3)4;/h;(H3,1,2,3,4);/q+1;;+4/p-3. The topological polar surface area (TPSA) is 86.2 Å². The largest absolute Gasteiger partial charge is 4.00 e. The molecule has 0 aromatic rings. The van der Waals surface area contributed by atoms with E-state index in [0.29, 0.717) is 0 Å². The molecule has 0 saturated heterocycles. The Hall–Kier alpha value is 1.73. The fourth-order valence-electron chi connectivity index (χ4n) is 0. The van der Waals surface area contributed by atoms with Crippen molar-refractivity contribution in [2.75, 3.05) is 0 Å². The van der Waals surface area contributed by atoms with Crippen LogP contribution in [0.25, 0.3) is 0 Å². The van der Waals surface area contributed by atoms with E-state index in [4.69, 9.17) is 19.2 Å². The maximum atomic E-state index is 8.55. The predicted octanol–water partition coefficient (Wildman–Crippen LogP) is -2.83. The molecule has 0 amide bonds. The summed E-state index contributed by atoms with van der Waals surface area (Å²) in [5, 5.41) is 0. The Labute approximate surface area is 75.2 Å². The molecule has 0 fully saturated rings. The van der Waals surface area contributed by atoms with E-state index in [1.54, 1.807) is 0 Å². The van der Waals surface area contributed by atoms with Gasteiger partial charge in [-0.3, -0.25) is 0 Å². The minimum atomic E-state index is -5.39. The first-order valence-electron chi connectivity index (χ1n) is 0.730. The van der Waals surface area contributed by atoms with Gasteiger partial charge in [-0.05, 0) is 0 Å². The Bertz CT molecular complexity index is 57.8.